The van der Waals surface area contributed by atoms with Crippen molar-refractivity contribution in [1.82, 2.24) is 0 Å². The number of ether oxygens (including phenoxy) is 1. The van der Waals surface area contributed by atoms with E-state index >= 15 is 0 Å². The number of esters is 1. The molecule has 1 aromatic rings. The highest BCUT2D eigenvalue weighted by Gasteiger charge is 2.11. The third kappa shape index (κ3) is 3.97. The molecule has 0 atom stereocenters. The smallest absolute Gasteiger partial charge is 0.310 e. The van der Waals surface area contributed by atoms with Crippen molar-refractivity contribution < 1.29 is 14.3 Å². The predicted molar refractivity (Wildman–Crippen MR) is 69.1 cm³/mol. The minimum atomic E-state index is -0.273. The minimum Gasteiger partial charge on any atom is -0.466 e. The molecule has 17 heavy (non-hydrogen) atoms. The van der Waals surface area contributed by atoms with Crippen molar-refractivity contribution >= 4 is 27.7 Å². The van der Waals surface area contributed by atoms with Crippen LogP contribution in [0.3, 0.4) is 0 Å². The third-order valence-electron chi connectivity index (χ3n) is 2.31. The van der Waals surface area contributed by atoms with Gasteiger partial charge in [-0.05, 0) is 24.6 Å². The lowest BCUT2D eigenvalue weighted by Crippen LogP contribution is -2.08. The first kappa shape index (κ1) is 13.9. The first-order chi connectivity index (χ1) is 8.08. The van der Waals surface area contributed by atoms with E-state index in [0.29, 0.717) is 18.6 Å². The summed E-state index contributed by atoms with van der Waals surface area (Å²) in [7, 11) is 0. The van der Waals surface area contributed by atoms with Gasteiger partial charge in [-0.1, -0.05) is 28.9 Å². The molecule has 0 saturated heterocycles. The van der Waals surface area contributed by atoms with Crippen LogP contribution < -0.4 is 0 Å². The van der Waals surface area contributed by atoms with E-state index in [1.807, 2.05) is 13.0 Å². The number of hydrogen-bond acceptors (Lipinski definition) is 3. The number of hydrogen-bond donors (Lipinski definition) is 0. The zero-order chi connectivity index (χ0) is 12.8. The van der Waals surface area contributed by atoms with Gasteiger partial charge in [0.1, 0.15) is 0 Å². The second-order valence-corrected chi connectivity index (χ2v) is 4.43. The Bertz CT molecular complexity index is 427. The summed E-state index contributed by atoms with van der Waals surface area (Å²) in [6.07, 6.45) is 0.645. The summed E-state index contributed by atoms with van der Waals surface area (Å²) in [5.74, 6) is -0.215. The molecule has 0 fully saturated rings. The molecule has 0 unspecified atom stereocenters. The standard InChI is InChI=1S/C13H15BrO3/c1-3-12(15)10-7-9(5-6-11(10)14)8-13(16)17-4-2/h5-7H,3-4,8H2,1-2H3. The van der Waals surface area contributed by atoms with Crippen LogP contribution in [-0.2, 0) is 16.0 Å². The molecule has 4 heteroatoms. The monoisotopic (exact) mass is 298 g/mol. The summed E-state index contributed by atoms with van der Waals surface area (Å²) in [4.78, 5) is 23.0. The van der Waals surface area contributed by atoms with Gasteiger partial charge < -0.3 is 4.74 Å². The van der Waals surface area contributed by atoms with Crippen molar-refractivity contribution in [3.8, 4) is 0 Å². The Balaban J connectivity index is 2.89. The molecule has 0 aliphatic heterocycles. The molecule has 0 amide bonds. The molecular formula is C13H15BrO3. The molecule has 0 heterocycles. The normalized spacial score (nSPS) is 10.1. The number of benzene rings is 1. The molecule has 92 valence electrons. The predicted octanol–water partition coefficient (Wildman–Crippen LogP) is 3.15. The van der Waals surface area contributed by atoms with E-state index < -0.39 is 0 Å². The van der Waals surface area contributed by atoms with Crippen LogP contribution in [0.5, 0.6) is 0 Å². The van der Waals surface area contributed by atoms with Gasteiger partial charge in [-0.3, -0.25) is 9.59 Å². The van der Waals surface area contributed by atoms with E-state index in [1.54, 1.807) is 19.1 Å². The largest absolute Gasteiger partial charge is 0.466 e. The number of rotatable bonds is 5. The van der Waals surface area contributed by atoms with E-state index in [9.17, 15) is 9.59 Å². The van der Waals surface area contributed by atoms with Crippen LogP contribution in [0.25, 0.3) is 0 Å². The van der Waals surface area contributed by atoms with Gasteiger partial charge in [0.25, 0.3) is 0 Å². The number of halogens is 1. The Kier molecular flexibility index (Phi) is 5.35. The molecule has 0 aromatic heterocycles. The Morgan fingerprint density at radius 3 is 2.59 bits per heavy atom. The van der Waals surface area contributed by atoms with Crippen molar-refractivity contribution in [3.63, 3.8) is 0 Å². The van der Waals surface area contributed by atoms with Crippen LogP contribution in [0.4, 0.5) is 0 Å². The number of carbonyl (C=O) groups is 2. The van der Waals surface area contributed by atoms with Crippen LogP contribution in [0.1, 0.15) is 36.2 Å². The first-order valence-corrected chi connectivity index (χ1v) is 6.35. The fourth-order valence-electron chi connectivity index (χ4n) is 1.47. The number of carbonyl (C=O) groups excluding carboxylic acids is 2. The summed E-state index contributed by atoms with van der Waals surface area (Å²) in [5.41, 5.74) is 1.41. The highest BCUT2D eigenvalue weighted by molar-refractivity contribution is 9.10. The summed E-state index contributed by atoms with van der Waals surface area (Å²) in [5, 5.41) is 0. The third-order valence-corrected chi connectivity index (χ3v) is 3.00. The second-order valence-electron chi connectivity index (χ2n) is 3.57. The van der Waals surface area contributed by atoms with Crippen molar-refractivity contribution in [3.05, 3.63) is 33.8 Å². The van der Waals surface area contributed by atoms with Crippen molar-refractivity contribution in [1.29, 1.82) is 0 Å². The Labute approximate surface area is 109 Å². The van der Waals surface area contributed by atoms with Gasteiger partial charge in [0.15, 0.2) is 5.78 Å². The Morgan fingerprint density at radius 2 is 2.00 bits per heavy atom. The summed E-state index contributed by atoms with van der Waals surface area (Å²) < 4.78 is 5.63. The van der Waals surface area contributed by atoms with Gasteiger partial charge in [-0.2, -0.15) is 0 Å². The van der Waals surface area contributed by atoms with Crippen LogP contribution in [0.15, 0.2) is 22.7 Å². The molecular weight excluding hydrogens is 284 g/mol. The minimum absolute atomic E-state index is 0.0579. The zero-order valence-corrected chi connectivity index (χ0v) is 11.5. The van der Waals surface area contributed by atoms with Crippen LogP contribution in [-0.4, -0.2) is 18.4 Å². The average molecular weight is 299 g/mol. The van der Waals surface area contributed by atoms with Gasteiger partial charge in [-0.25, -0.2) is 0 Å². The second kappa shape index (κ2) is 6.55. The summed E-state index contributed by atoms with van der Waals surface area (Å²) in [6, 6.07) is 5.34. The summed E-state index contributed by atoms with van der Waals surface area (Å²) in [6.45, 7) is 3.95. The molecule has 0 bridgehead atoms. The fraction of sp³-hybridized carbons (Fsp3) is 0.385. The SMILES string of the molecule is CCOC(=O)Cc1ccc(Br)c(C(=O)CC)c1. The number of Topliss-reactive ketones (excluding diaryl/α,β-unsaturated/α-hetero) is 1. The van der Waals surface area contributed by atoms with Crippen LogP contribution in [0.2, 0.25) is 0 Å². The maximum absolute atomic E-state index is 11.7. The van der Waals surface area contributed by atoms with Gasteiger partial charge in [0.2, 0.25) is 0 Å². The zero-order valence-electron chi connectivity index (χ0n) is 9.96. The molecule has 0 radical (unpaired) electrons. The van der Waals surface area contributed by atoms with Crippen molar-refractivity contribution in [2.45, 2.75) is 26.7 Å². The first-order valence-electron chi connectivity index (χ1n) is 5.55. The van der Waals surface area contributed by atoms with Crippen LogP contribution >= 0.6 is 15.9 Å². The van der Waals surface area contributed by atoms with E-state index in [4.69, 9.17) is 4.74 Å². The lowest BCUT2D eigenvalue weighted by molar-refractivity contribution is -0.142. The molecule has 0 spiro atoms. The molecule has 0 aliphatic rings. The van der Waals surface area contributed by atoms with E-state index in [2.05, 4.69) is 15.9 Å². The fourth-order valence-corrected chi connectivity index (χ4v) is 1.93. The Hall–Kier alpha value is -1.16. The van der Waals surface area contributed by atoms with Gasteiger partial charge in [0, 0.05) is 16.5 Å². The quantitative estimate of drug-likeness (QED) is 0.619. The number of ketones is 1. The molecule has 3 nitrogen and oxygen atoms in total. The molecule has 1 rings (SSSR count). The van der Waals surface area contributed by atoms with Crippen LogP contribution in [0, 0.1) is 0 Å². The van der Waals surface area contributed by atoms with Crippen molar-refractivity contribution in [2.75, 3.05) is 6.61 Å². The van der Waals surface area contributed by atoms with Gasteiger partial charge >= 0.3 is 5.97 Å². The van der Waals surface area contributed by atoms with Gasteiger partial charge in [-0.15, -0.1) is 0 Å². The van der Waals surface area contributed by atoms with E-state index in [-0.39, 0.29) is 18.2 Å². The highest BCUT2D eigenvalue weighted by atomic mass is 79.9. The molecule has 1 aromatic carbocycles. The highest BCUT2D eigenvalue weighted by Crippen LogP contribution is 2.20. The Morgan fingerprint density at radius 1 is 1.29 bits per heavy atom. The van der Waals surface area contributed by atoms with E-state index in [1.165, 1.54) is 0 Å². The molecule has 0 N–H and O–H groups in total. The average Bonchev–Trinajstić information content (AvgIpc) is 2.31. The van der Waals surface area contributed by atoms with E-state index in [0.717, 1.165) is 10.0 Å². The topological polar surface area (TPSA) is 43.4 Å². The van der Waals surface area contributed by atoms with Gasteiger partial charge in [0.05, 0.1) is 13.0 Å². The maximum atomic E-state index is 11.7. The molecule has 0 saturated carbocycles. The lowest BCUT2D eigenvalue weighted by Gasteiger charge is -2.06. The lowest BCUT2D eigenvalue weighted by atomic mass is 10.0. The molecule has 0 aliphatic carbocycles. The van der Waals surface area contributed by atoms with Crippen molar-refractivity contribution in [2.24, 2.45) is 0 Å². The summed E-state index contributed by atoms with van der Waals surface area (Å²) >= 11 is 3.33. The maximum Gasteiger partial charge on any atom is 0.310 e.